The minimum Gasteiger partial charge on any atom is -0.462 e. The molecule has 0 fully saturated rings. The van der Waals surface area contributed by atoms with Gasteiger partial charge in [0.1, 0.15) is 22.1 Å². The topological polar surface area (TPSA) is 81.7 Å². The molecule has 34 heavy (non-hydrogen) atoms. The number of fused-ring (bicyclic) bond motifs is 1. The van der Waals surface area contributed by atoms with Gasteiger partial charge < -0.3 is 14.8 Å². The van der Waals surface area contributed by atoms with Crippen LogP contribution in [0.3, 0.4) is 0 Å². The molecule has 0 saturated heterocycles. The molecule has 2 aromatic heterocycles. The molecule has 3 rings (SSSR count). The first kappa shape index (κ1) is 25.8. The third kappa shape index (κ3) is 6.38. The van der Waals surface area contributed by atoms with Crippen LogP contribution in [0.1, 0.15) is 71.5 Å². The molecule has 0 aliphatic carbocycles. The zero-order valence-corrected chi connectivity index (χ0v) is 20.8. The van der Waals surface area contributed by atoms with Crippen molar-refractivity contribution in [2.24, 2.45) is 0 Å². The third-order valence-corrected chi connectivity index (χ3v) is 7.03. The number of halogens is 2. The molecule has 3 aromatic rings. The molecule has 0 radical (unpaired) electrons. The van der Waals surface area contributed by atoms with Crippen molar-refractivity contribution < 1.29 is 32.6 Å². The van der Waals surface area contributed by atoms with Gasteiger partial charge in [-0.05, 0) is 58.4 Å². The molecule has 182 valence electrons. The highest BCUT2D eigenvalue weighted by Gasteiger charge is 2.25. The van der Waals surface area contributed by atoms with E-state index in [2.05, 4.69) is 5.32 Å². The van der Waals surface area contributed by atoms with E-state index >= 15 is 0 Å². The molecular formula is C24H25F2NO5S2. The number of ketones is 1. The summed E-state index contributed by atoms with van der Waals surface area (Å²) in [5, 5.41) is 2.76. The van der Waals surface area contributed by atoms with Crippen LogP contribution in [0, 0.1) is 11.6 Å². The maximum Gasteiger partial charge on any atom is 0.408 e. The molecule has 10 heteroatoms. The van der Waals surface area contributed by atoms with Gasteiger partial charge >= 0.3 is 12.1 Å². The summed E-state index contributed by atoms with van der Waals surface area (Å²) in [5.41, 5.74) is -1.32. The quantitative estimate of drug-likeness (QED) is 0.272. The summed E-state index contributed by atoms with van der Waals surface area (Å²) in [4.78, 5) is 38.2. The standard InChI is InChI=1S/C24H25F2NO5S2/c1-5-31-22(29)20-12-19-18(34-20)11-17(33-19)15(27-23(30)32-24(2,3)4)9-10-16(28)21-13(25)7-6-8-14(21)26/h6-8,11-12,15H,5,9-10H2,1-4H3,(H,27,30). The van der Waals surface area contributed by atoms with E-state index in [0.717, 1.165) is 26.4 Å². The van der Waals surface area contributed by atoms with Gasteiger partial charge in [-0.3, -0.25) is 4.79 Å². The lowest BCUT2D eigenvalue weighted by atomic mass is 10.0. The second-order valence-corrected chi connectivity index (χ2v) is 10.7. The van der Waals surface area contributed by atoms with Gasteiger partial charge in [0, 0.05) is 20.7 Å². The molecule has 0 aliphatic rings. The smallest absolute Gasteiger partial charge is 0.408 e. The van der Waals surface area contributed by atoms with Gasteiger partial charge in [-0.25, -0.2) is 18.4 Å². The van der Waals surface area contributed by atoms with Crippen molar-refractivity contribution in [2.75, 3.05) is 6.61 Å². The molecule has 0 spiro atoms. The number of carbonyl (C=O) groups excluding carboxylic acids is 3. The predicted octanol–water partition coefficient (Wildman–Crippen LogP) is 6.65. The number of benzene rings is 1. The molecule has 0 bridgehead atoms. The van der Waals surface area contributed by atoms with Gasteiger partial charge in [0.25, 0.3) is 0 Å². The van der Waals surface area contributed by atoms with Gasteiger partial charge in [-0.2, -0.15) is 0 Å². The lowest BCUT2D eigenvalue weighted by molar-refractivity contribution is 0.0496. The highest BCUT2D eigenvalue weighted by molar-refractivity contribution is 7.28. The Kier molecular flexibility index (Phi) is 8.04. The number of amides is 1. The summed E-state index contributed by atoms with van der Waals surface area (Å²) in [6.45, 7) is 7.18. The lowest BCUT2D eigenvalue weighted by Gasteiger charge is -2.23. The molecule has 1 aromatic carbocycles. The zero-order chi connectivity index (χ0) is 25.0. The second kappa shape index (κ2) is 10.6. The van der Waals surface area contributed by atoms with Crippen molar-refractivity contribution >= 4 is 49.9 Å². The highest BCUT2D eigenvalue weighted by atomic mass is 32.1. The number of carbonyl (C=O) groups is 3. The number of nitrogens with one attached hydrogen (secondary N) is 1. The summed E-state index contributed by atoms with van der Waals surface area (Å²) in [6.07, 6.45) is -0.770. The maximum absolute atomic E-state index is 14.0. The fourth-order valence-corrected chi connectivity index (χ4v) is 5.62. The van der Waals surface area contributed by atoms with E-state index in [1.165, 1.54) is 28.7 Å². The molecular weight excluding hydrogens is 484 g/mol. The number of rotatable bonds is 8. The molecule has 1 N–H and O–H groups in total. The third-order valence-electron chi connectivity index (χ3n) is 4.64. The van der Waals surface area contributed by atoms with E-state index in [4.69, 9.17) is 9.47 Å². The van der Waals surface area contributed by atoms with Crippen LogP contribution in [0.25, 0.3) is 9.40 Å². The Morgan fingerprint density at radius 3 is 2.29 bits per heavy atom. The summed E-state index contributed by atoms with van der Waals surface area (Å²) < 4.78 is 40.1. The minimum absolute atomic E-state index is 0.102. The van der Waals surface area contributed by atoms with Crippen molar-refractivity contribution in [3.05, 3.63) is 57.3 Å². The largest absolute Gasteiger partial charge is 0.462 e. The van der Waals surface area contributed by atoms with Crippen LogP contribution in [0.4, 0.5) is 13.6 Å². The number of esters is 1. The van der Waals surface area contributed by atoms with Crippen molar-refractivity contribution in [3.63, 3.8) is 0 Å². The minimum atomic E-state index is -0.926. The van der Waals surface area contributed by atoms with E-state index in [1.807, 2.05) is 6.07 Å². The average Bonchev–Trinajstić information content (AvgIpc) is 3.29. The van der Waals surface area contributed by atoms with Crippen LogP contribution in [-0.4, -0.2) is 30.1 Å². The molecule has 1 unspecified atom stereocenters. The summed E-state index contributed by atoms with van der Waals surface area (Å²) in [5.74, 6) is -2.96. The van der Waals surface area contributed by atoms with Crippen LogP contribution < -0.4 is 5.32 Å². The molecule has 1 amide bonds. The Morgan fingerprint density at radius 2 is 1.71 bits per heavy atom. The Labute approximate surface area is 203 Å². The van der Waals surface area contributed by atoms with E-state index in [-0.39, 0.29) is 19.4 Å². The predicted molar refractivity (Wildman–Crippen MR) is 128 cm³/mol. The fraction of sp³-hybridized carbons (Fsp3) is 0.375. The van der Waals surface area contributed by atoms with Crippen molar-refractivity contribution in [1.82, 2.24) is 5.32 Å². The van der Waals surface area contributed by atoms with Crippen LogP contribution in [0.5, 0.6) is 0 Å². The second-order valence-electron chi connectivity index (χ2n) is 8.47. The maximum atomic E-state index is 14.0. The van der Waals surface area contributed by atoms with Crippen molar-refractivity contribution in [2.45, 2.75) is 52.2 Å². The molecule has 0 saturated carbocycles. The number of alkyl carbamates (subject to hydrolysis) is 1. The Bertz CT molecular complexity index is 1160. The average molecular weight is 510 g/mol. The monoisotopic (exact) mass is 509 g/mol. The first-order valence-corrected chi connectivity index (χ1v) is 12.3. The van der Waals surface area contributed by atoms with E-state index in [1.54, 1.807) is 33.8 Å². The van der Waals surface area contributed by atoms with E-state index in [0.29, 0.717) is 4.88 Å². The zero-order valence-electron chi connectivity index (χ0n) is 19.2. The van der Waals surface area contributed by atoms with Crippen LogP contribution >= 0.6 is 22.7 Å². The summed E-state index contributed by atoms with van der Waals surface area (Å²) >= 11 is 2.61. The highest BCUT2D eigenvalue weighted by Crippen LogP contribution is 2.37. The molecule has 1 atom stereocenters. The lowest BCUT2D eigenvalue weighted by Crippen LogP contribution is -2.35. The van der Waals surface area contributed by atoms with Gasteiger partial charge in [0.05, 0.1) is 18.2 Å². The normalized spacial score (nSPS) is 12.4. The van der Waals surface area contributed by atoms with Gasteiger partial charge in [0.15, 0.2) is 5.78 Å². The van der Waals surface area contributed by atoms with Crippen molar-refractivity contribution in [3.8, 4) is 0 Å². The van der Waals surface area contributed by atoms with Crippen LogP contribution in [0.15, 0.2) is 30.3 Å². The first-order chi connectivity index (χ1) is 16.0. The summed E-state index contributed by atoms with van der Waals surface area (Å²) in [6, 6.07) is 6.16. The Balaban J connectivity index is 1.83. The first-order valence-electron chi connectivity index (χ1n) is 10.7. The number of hydrogen-bond donors (Lipinski definition) is 1. The van der Waals surface area contributed by atoms with E-state index in [9.17, 15) is 23.2 Å². The fourth-order valence-electron chi connectivity index (χ4n) is 3.23. The number of hydrogen-bond acceptors (Lipinski definition) is 7. The number of Topliss-reactive ketones (excluding diaryl/α,β-unsaturated/α-hetero) is 1. The summed E-state index contributed by atoms with van der Waals surface area (Å²) in [7, 11) is 0. The van der Waals surface area contributed by atoms with Gasteiger partial charge in [-0.1, -0.05) is 6.07 Å². The SMILES string of the molecule is CCOC(=O)c1cc2sc(C(CCC(=O)c3c(F)cccc3F)NC(=O)OC(C)(C)C)cc2s1. The van der Waals surface area contributed by atoms with E-state index < -0.39 is 46.7 Å². The Morgan fingerprint density at radius 1 is 1.06 bits per heavy atom. The van der Waals surface area contributed by atoms with Crippen LogP contribution in [-0.2, 0) is 9.47 Å². The van der Waals surface area contributed by atoms with Crippen LogP contribution in [0.2, 0.25) is 0 Å². The Hall–Kier alpha value is -2.85. The van der Waals surface area contributed by atoms with Gasteiger partial charge in [-0.15, -0.1) is 22.7 Å². The molecule has 6 nitrogen and oxygen atoms in total. The molecule has 2 heterocycles. The van der Waals surface area contributed by atoms with Gasteiger partial charge in [0.2, 0.25) is 0 Å². The number of thiophene rings is 2. The number of ether oxygens (including phenoxy) is 2. The van der Waals surface area contributed by atoms with Crippen molar-refractivity contribution in [1.29, 1.82) is 0 Å². The molecule has 0 aliphatic heterocycles.